The topological polar surface area (TPSA) is 43.4 Å². The molecule has 0 aliphatic carbocycles. The molecule has 0 atom stereocenters. The summed E-state index contributed by atoms with van der Waals surface area (Å²) in [7, 11) is 0. The zero-order valence-electron chi connectivity index (χ0n) is 5.39. The summed E-state index contributed by atoms with van der Waals surface area (Å²) in [5, 5.41) is 0.104. The minimum atomic E-state index is -0.719. The van der Waals surface area contributed by atoms with E-state index in [4.69, 9.17) is 23.2 Å². The van der Waals surface area contributed by atoms with Crippen LogP contribution in [-0.2, 0) is 4.74 Å². The van der Waals surface area contributed by atoms with Crippen LogP contribution in [0.3, 0.4) is 0 Å². The summed E-state index contributed by atoms with van der Waals surface area (Å²) in [4.78, 5) is 22.0. The number of carbonyl (C=O) groups is 2. The molecule has 0 amide bonds. The Morgan fingerprint density at radius 3 is 2.42 bits per heavy atom. The number of carbonyl (C=O) groups excluding carboxylic acids is 2. The zero-order valence-corrected chi connectivity index (χ0v) is 7.72. The third-order valence-electron chi connectivity index (χ3n) is 1.39. The van der Waals surface area contributed by atoms with E-state index in [1.54, 1.807) is 0 Å². The van der Waals surface area contributed by atoms with E-state index in [1.165, 1.54) is 0 Å². The molecule has 1 aromatic rings. The van der Waals surface area contributed by atoms with Gasteiger partial charge >= 0.3 is 11.9 Å². The van der Waals surface area contributed by atoms with E-state index in [9.17, 15) is 9.59 Å². The number of halogens is 2. The third-order valence-corrected chi connectivity index (χ3v) is 3.35. The van der Waals surface area contributed by atoms with E-state index >= 15 is 0 Å². The summed E-state index contributed by atoms with van der Waals surface area (Å²) in [6, 6.07) is 0. The van der Waals surface area contributed by atoms with Crippen LogP contribution in [0.2, 0.25) is 9.36 Å². The molecule has 0 saturated carbocycles. The van der Waals surface area contributed by atoms with Crippen LogP contribution in [0.1, 0.15) is 20.0 Å². The van der Waals surface area contributed by atoms with Gasteiger partial charge in [0.05, 0.1) is 5.02 Å². The molecular weight excluding hydrogens is 223 g/mol. The lowest BCUT2D eigenvalue weighted by Gasteiger charge is -1.88. The van der Waals surface area contributed by atoms with Gasteiger partial charge in [-0.2, -0.15) is 0 Å². The molecule has 0 aromatic carbocycles. The molecule has 2 rings (SSSR count). The van der Waals surface area contributed by atoms with Gasteiger partial charge in [0.1, 0.15) is 14.8 Å². The van der Waals surface area contributed by atoms with Crippen LogP contribution in [0.5, 0.6) is 0 Å². The van der Waals surface area contributed by atoms with E-state index in [-0.39, 0.29) is 19.8 Å². The number of fused-ring (bicyclic) bond motifs is 1. The Labute approximate surface area is 80.8 Å². The van der Waals surface area contributed by atoms with Crippen LogP contribution < -0.4 is 0 Å². The van der Waals surface area contributed by atoms with Crippen molar-refractivity contribution in [2.45, 2.75) is 0 Å². The highest BCUT2D eigenvalue weighted by Crippen LogP contribution is 2.40. The zero-order chi connectivity index (χ0) is 8.88. The Balaban J connectivity index is 2.75. The summed E-state index contributed by atoms with van der Waals surface area (Å²) in [6.07, 6.45) is 0. The molecule has 0 unspecified atom stereocenters. The van der Waals surface area contributed by atoms with Gasteiger partial charge in [-0.1, -0.05) is 23.2 Å². The quantitative estimate of drug-likeness (QED) is 0.500. The lowest BCUT2D eigenvalue weighted by molar-refractivity contribution is 0.0445. The number of cyclic esters (lactones) is 2. The van der Waals surface area contributed by atoms with Crippen LogP contribution in [0.4, 0.5) is 0 Å². The number of hydrogen-bond acceptors (Lipinski definition) is 4. The molecule has 1 aliphatic heterocycles. The van der Waals surface area contributed by atoms with Crippen molar-refractivity contribution in [3.63, 3.8) is 0 Å². The van der Waals surface area contributed by atoms with E-state index in [2.05, 4.69) is 4.74 Å². The molecule has 62 valence electrons. The summed E-state index contributed by atoms with van der Waals surface area (Å²) >= 11 is 12.2. The first kappa shape index (κ1) is 8.04. The van der Waals surface area contributed by atoms with Crippen LogP contribution in [0, 0.1) is 0 Å². The standard InChI is InChI=1S/C6Cl2O3S/c7-2-1-3(12-4(2)8)6(10)11-5(1)9. The maximum absolute atomic E-state index is 10.9. The molecule has 0 N–H and O–H groups in total. The number of thiophene rings is 1. The first-order chi connectivity index (χ1) is 5.61. The van der Waals surface area contributed by atoms with Gasteiger partial charge in [-0.3, -0.25) is 0 Å². The van der Waals surface area contributed by atoms with Gasteiger partial charge in [-0.25, -0.2) is 9.59 Å². The van der Waals surface area contributed by atoms with Crippen molar-refractivity contribution >= 4 is 46.5 Å². The third kappa shape index (κ3) is 0.888. The molecule has 0 spiro atoms. The number of esters is 2. The van der Waals surface area contributed by atoms with Gasteiger partial charge in [0.2, 0.25) is 0 Å². The number of rotatable bonds is 0. The fourth-order valence-electron chi connectivity index (χ4n) is 0.891. The number of ether oxygens (including phenoxy) is 1. The van der Waals surface area contributed by atoms with Gasteiger partial charge in [-0.15, -0.1) is 11.3 Å². The predicted molar refractivity (Wildman–Crippen MR) is 44.1 cm³/mol. The largest absolute Gasteiger partial charge is 0.385 e. The summed E-state index contributed by atoms with van der Waals surface area (Å²) < 4.78 is 4.54. The van der Waals surface area contributed by atoms with Gasteiger partial charge in [0.25, 0.3) is 0 Å². The second kappa shape index (κ2) is 2.45. The molecule has 0 fully saturated rings. The van der Waals surface area contributed by atoms with Crippen molar-refractivity contribution < 1.29 is 14.3 Å². The van der Waals surface area contributed by atoms with Crippen LogP contribution in [0.25, 0.3) is 0 Å². The Morgan fingerprint density at radius 1 is 1.17 bits per heavy atom. The Morgan fingerprint density at radius 2 is 1.83 bits per heavy atom. The molecule has 1 aromatic heterocycles. The molecular formula is C6Cl2O3S. The van der Waals surface area contributed by atoms with Crippen LogP contribution in [0.15, 0.2) is 0 Å². The summed E-state index contributed by atoms with van der Waals surface area (Å²) in [6.45, 7) is 0. The average Bonchev–Trinajstić information content (AvgIpc) is 2.41. The highest BCUT2D eigenvalue weighted by molar-refractivity contribution is 7.19. The predicted octanol–water partition coefficient (Wildman–Crippen LogP) is 2.37. The molecule has 1 aliphatic rings. The lowest BCUT2D eigenvalue weighted by Crippen LogP contribution is -1.97. The smallest absolute Gasteiger partial charge is 0.357 e. The van der Waals surface area contributed by atoms with Crippen molar-refractivity contribution in [3.8, 4) is 0 Å². The van der Waals surface area contributed by atoms with Gasteiger partial charge in [-0.05, 0) is 0 Å². The van der Waals surface area contributed by atoms with Crippen LogP contribution in [-0.4, -0.2) is 11.9 Å². The van der Waals surface area contributed by atoms with Gasteiger partial charge in [0.15, 0.2) is 0 Å². The normalized spacial score (nSPS) is 14.8. The summed E-state index contributed by atoms with van der Waals surface area (Å²) in [5.41, 5.74) is 0.0941. The average molecular weight is 223 g/mol. The van der Waals surface area contributed by atoms with E-state index in [0.29, 0.717) is 0 Å². The van der Waals surface area contributed by atoms with Gasteiger partial charge in [0, 0.05) is 0 Å². The van der Waals surface area contributed by atoms with Gasteiger partial charge < -0.3 is 4.74 Å². The van der Waals surface area contributed by atoms with Crippen molar-refractivity contribution in [1.29, 1.82) is 0 Å². The fraction of sp³-hybridized carbons (Fsp3) is 0. The highest BCUT2D eigenvalue weighted by Gasteiger charge is 2.36. The highest BCUT2D eigenvalue weighted by atomic mass is 35.5. The lowest BCUT2D eigenvalue weighted by atomic mass is 10.3. The minimum Gasteiger partial charge on any atom is -0.385 e. The Hall–Kier alpha value is -0.580. The molecule has 6 heteroatoms. The van der Waals surface area contributed by atoms with Crippen molar-refractivity contribution in [3.05, 3.63) is 19.8 Å². The number of hydrogen-bond donors (Lipinski definition) is 0. The SMILES string of the molecule is O=C1OC(=O)c2c1sc(Cl)c2Cl. The van der Waals surface area contributed by atoms with Crippen molar-refractivity contribution in [2.24, 2.45) is 0 Å². The fourth-order valence-corrected chi connectivity index (χ4v) is 2.34. The molecule has 0 radical (unpaired) electrons. The van der Waals surface area contributed by atoms with E-state index in [1.807, 2.05) is 0 Å². The second-order valence-electron chi connectivity index (χ2n) is 2.07. The first-order valence-electron chi connectivity index (χ1n) is 2.85. The molecule has 3 nitrogen and oxygen atoms in total. The van der Waals surface area contributed by atoms with E-state index in [0.717, 1.165) is 11.3 Å². The monoisotopic (exact) mass is 222 g/mol. The molecule has 0 saturated heterocycles. The Bertz CT molecular complexity index is 396. The van der Waals surface area contributed by atoms with Crippen LogP contribution >= 0.6 is 34.5 Å². The van der Waals surface area contributed by atoms with Crippen molar-refractivity contribution in [2.75, 3.05) is 0 Å². The Kier molecular flexibility index (Phi) is 1.64. The maximum Gasteiger partial charge on any atom is 0.357 e. The molecule has 0 bridgehead atoms. The maximum atomic E-state index is 10.9. The minimum absolute atomic E-state index is 0.0941. The second-order valence-corrected chi connectivity index (χ2v) is 4.07. The van der Waals surface area contributed by atoms with Crippen molar-refractivity contribution in [1.82, 2.24) is 0 Å². The summed E-state index contributed by atoms with van der Waals surface area (Å²) in [5.74, 6) is -1.39. The molecule has 2 heterocycles. The molecule has 12 heavy (non-hydrogen) atoms. The first-order valence-corrected chi connectivity index (χ1v) is 4.43. The van der Waals surface area contributed by atoms with E-state index < -0.39 is 11.9 Å².